The van der Waals surface area contributed by atoms with Crippen molar-refractivity contribution in [1.29, 1.82) is 0 Å². The van der Waals surface area contributed by atoms with Crippen molar-refractivity contribution in [3.05, 3.63) is 0 Å². The smallest absolute Gasteiger partial charge is 0.0118 e. The largest absolute Gasteiger partial charge is 0.313 e. The second kappa shape index (κ2) is 12.7. The molecule has 0 aliphatic rings. The summed E-state index contributed by atoms with van der Waals surface area (Å²) in [5.74, 6) is 0. The molecule has 1 atom stereocenters. The molecule has 0 aromatic heterocycles. The van der Waals surface area contributed by atoms with Crippen molar-refractivity contribution in [3.63, 3.8) is 0 Å². The summed E-state index contributed by atoms with van der Waals surface area (Å²) in [6.07, 6.45) is 15.3. The maximum atomic E-state index is 3.78. The standard InChI is InChI=1S/C19H41N/c1-6-9-10-11-12-13-14-15-16-18(20-17-7-2)19(4,5)8-3/h18,20H,6-17H2,1-5H3. The Morgan fingerprint density at radius 1 is 0.750 bits per heavy atom. The van der Waals surface area contributed by atoms with Gasteiger partial charge in [-0.2, -0.15) is 0 Å². The molecule has 0 radical (unpaired) electrons. The molecular weight excluding hydrogens is 242 g/mol. The van der Waals surface area contributed by atoms with Crippen LogP contribution in [0, 0.1) is 5.41 Å². The SMILES string of the molecule is CCCCCCCCCCC(NCCC)C(C)(C)CC. The Balaban J connectivity index is 3.74. The van der Waals surface area contributed by atoms with Gasteiger partial charge < -0.3 is 5.32 Å². The zero-order chi connectivity index (χ0) is 15.3. The molecule has 0 aliphatic heterocycles. The topological polar surface area (TPSA) is 12.0 Å². The zero-order valence-corrected chi connectivity index (χ0v) is 15.1. The fourth-order valence-corrected chi connectivity index (χ4v) is 2.82. The van der Waals surface area contributed by atoms with Crippen LogP contribution in [0.1, 0.15) is 105 Å². The van der Waals surface area contributed by atoms with Crippen LogP contribution in [0.3, 0.4) is 0 Å². The van der Waals surface area contributed by atoms with Crippen LogP contribution in [0.5, 0.6) is 0 Å². The first-order valence-corrected chi connectivity index (χ1v) is 9.31. The minimum atomic E-state index is 0.441. The van der Waals surface area contributed by atoms with Crippen molar-refractivity contribution >= 4 is 0 Å². The highest BCUT2D eigenvalue weighted by molar-refractivity contribution is 4.82. The summed E-state index contributed by atoms with van der Waals surface area (Å²) in [6.45, 7) is 12.9. The number of rotatable bonds is 14. The second-order valence-electron chi connectivity index (χ2n) is 7.11. The van der Waals surface area contributed by atoms with E-state index in [-0.39, 0.29) is 0 Å². The minimum Gasteiger partial charge on any atom is -0.313 e. The fourth-order valence-electron chi connectivity index (χ4n) is 2.82. The van der Waals surface area contributed by atoms with Crippen LogP contribution < -0.4 is 5.32 Å². The third-order valence-electron chi connectivity index (χ3n) is 4.84. The molecule has 0 saturated carbocycles. The molecule has 0 aromatic rings. The lowest BCUT2D eigenvalue weighted by Crippen LogP contribution is -2.42. The summed E-state index contributed by atoms with van der Waals surface area (Å²) < 4.78 is 0. The summed E-state index contributed by atoms with van der Waals surface area (Å²) in [5, 5.41) is 3.78. The van der Waals surface area contributed by atoms with Crippen LogP contribution in [0.25, 0.3) is 0 Å². The summed E-state index contributed by atoms with van der Waals surface area (Å²) in [4.78, 5) is 0. The van der Waals surface area contributed by atoms with E-state index < -0.39 is 0 Å². The summed E-state index contributed by atoms with van der Waals surface area (Å²) in [6, 6.07) is 0.701. The first-order valence-electron chi connectivity index (χ1n) is 9.31. The Morgan fingerprint density at radius 2 is 1.30 bits per heavy atom. The molecule has 0 rings (SSSR count). The third kappa shape index (κ3) is 9.80. The molecule has 1 N–H and O–H groups in total. The first-order chi connectivity index (χ1) is 9.58. The molecule has 0 amide bonds. The predicted octanol–water partition coefficient (Wildman–Crippen LogP) is 6.32. The normalized spacial score (nSPS) is 13.7. The van der Waals surface area contributed by atoms with Gasteiger partial charge in [0.05, 0.1) is 0 Å². The van der Waals surface area contributed by atoms with Gasteiger partial charge >= 0.3 is 0 Å². The molecule has 0 spiro atoms. The van der Waals surface area contributed by atoms with Crippen molar-refractivity contribution in [1.82, 2.24) is 5.32 Å². The van der Waals surface area contributed by atoms with E-state index >= 15 is 0 Å². The Morgan fingerprint density at radius 3 is 1.80 bits per heavy atom. The van der Waals surface area contributed by atoms with Crippen LogP contribution in [0.15, 0.2) is 0 Å². The molecule has 0 aromatic carbocycles. The maximum absolute atomic E-state index is 3.78. The van der Waals surface area contributed by atoms with Gasteiger partial charge in [0.1, 0.15) is 0 Å². The third-order valence-corrected chi connectivity index (χ3v) is 4.84. The Kier molecular flexibility index (Phi) is 12.7. The van der Waals surface area contributed by atoms with E-state index in [9.17, 15) is 0 Å². The van der Waals surface area contributed by atoms with E-state index in [1.165, 1.54) is 77.2 Å². The molecule has 20 heavy (non-hydrogen) atoms. The second-order valence-corrected chi connectivity index (χ2v) is 7.11. The molecule has 0 heterocycles. The molecular formula is C19H41N. The van der Waals surface area contributed by atoms with Gasteiger partial charge in [-0.1, -0.05) is 86.0 Å². The molecule has 0 saturated heterocycles. The fraction of sp³-hybridized carbons (Fsp3) is 1.00. The van der Waals surface area contributed by atoms with E-state index in [0.717, 1.165) is 0 Å². The lowest BCUT2D eigenvalue weighted by molar-refractivity contribution is 0.216. The molecule has 1 unspecified atom stereocenters. The van der Waals surface area contributed by atoms with Crippen LogP contribution in [0.4, 0.5) is 0 Å². The number of nitrogens with one attached hydrogen (secondary N) is 1. The van der Waals surface area contributed by atoms with Gasteiger partial charge in [0.15, 0.2) is 0 Å². The highest BCUT2D eigenvalue weighted by Gasteiger charge is 2.26. The average molecular weight is 284 g/mol. The van der Waals surface area contributed by atoms with Crippen LogP contribution >= 0.6 is 0 Å². The summed E-state index contributed by atoms with van der Waals surface area (Å²) >= 11 is 0. The van der Waals surface area contributed by atoms with Crippen LogP contribution in [-0.4, -0.2) is 12.6 Å². The maximum Gasteiger partial charge on any atom is 0.0118 e. The molecule has 122 valence electrons. The van der Waals surface area contributed by atoms with Gasteiger partial charge in [-0.05, 0) is 31.2 Å². The Hall–Kier alpha value is -0.0400. The van der Waals surface area contributed by atoms with Crippen molar-refractivity contribution in [2.45, 2.75) is 111 Å². The van der Waals surface area contributed by atoms with Gasteiger partial charge in [-0.15, -0.1) is 0 Å². The molecule has 0 aliphatic carbocycles. The van der Waals surface area contributed by atoms with E-state index in [2.05, 4.69) is 39.9 Å². The predicted molar refractivity (Wildman–Crippen MR) is 93.4 cm³/mol. The quantitative estimate of drug-likeness (QED) is 0.368. The van der Waals surface area contributed by atoms with Gasteiger partial charge in [0, 0.05) is 6.04 Å². The number of hydrogen-bond donors (Lipinski definition) is 1. The van der Waals surface area contributed by atoms with E-state index in [4.69, 9.17) is 0 Å². The van der Waals surface area contributed by atoms with Crippen molar-refractivity contribution < 1.29 is 0 Å². The van der Waals surface area contributed by atoms with Crippen LogP contribution in [0.2, 0.25) is 0 Å². The number of hydrogen-bond acceptors (Lipinski definition) is 1. The van der Waals surface area contributed by atoms with Crippen molar-refractivity contribution in [2.75, 3.05) is 6.54 Å². The van der Waals surface area contributed by atoms with E-state index in [1.807, 2.05) is 0 Å². The van der Waals surface area contributed by atoms with Crippen molar-refractivity contribution in [2.24, 2.45) is 5.41 Å². The Labute approximate surface area is 129 Å². The molecule has 1 heteroatoms. The molecule has 1 nitrogen and oxygen atoms in total. The average Bonchev–Trinajstić information content (AvgIpc) is 2.44. The van der Waals surface area contributed by atoms with Gasteiger partial charge in [0.25, 0.3) is 0 Å². The lowest BCUT2D eigenvalue weighted by atomic mass is 9.79. The number of unbranched alkanes of at least 4 members (excludes halogenated alkanes) is 7. The molecule has 0 fully saturated rings. The van der Waals surface area contributed by atoms with E-state index in [0.29, 0.717) is 11.5 Å². The van der Waals surface area contributed by atoms with Crippen LogP contribution in [-0.2, 0) is 0 Å². The van der Waals surface area contributed by atoms with Gasteiger partial charge in [-0.25, -0.2) is 0 Å². The minimum absolute atomic E-state index is 0.441. The highest BCUT2D eigenvalue weighted by atomic mass is 14.9. The van der Waals surface area contributed by atoms with Crippen molar-refractivity contribution in [3.8, 4) is 0 Å². The Bertz CT molecular complexity index is 198. The summed E-state index contributed by atoms with van der Waals surface area (Å²) in [7, 11) is 0. The summed E-state index contributed by atoms with van der Waals surface area (Å²) in [5.41, 5.74) is 0.441. The van der Waals surface area contributed by atoms with Gasteiger partial charge in [-0.3, -0.25) is 0 Å². The molecule has 0 bridgehead atoms. The zero-order valence-electron chi connectivity index (χ0n) is 15.1. The van der Waals surface area contributed by atoms with E-state index in [1.54, 1.807) is 0 Å². The monoisotopic (exact) mass is 283 g/mol. The lowest BCUT2D eigenvalue weighted by Gasteiger charge is -2.34. The highest BCUT2D eigenvalue weighted by Crippen LogP contribution is 2.28. The van der Waals surface area contributed by atoms with Gasteiger partial charge in [0.2, 0.25) is 0 Å². The first kappa shape index (κ1) is 20.0.